The average molecular weight is 359 g/mol. The Morgan fingerprint density at radius 2 is 2.07 bits per heavy atom. The maximum Gasteiger partial charge on any atom is 2.00 e. The largest absolute Gasteiger partial charge is 2.00 e. The van der Waals surface area contributed by atoms with E-state index >= 15 is 0 Å². The van der Waals surface area contributed by atoms with Crippen molar-refractivity contribution in [3.8, 4) is 0 Å². The van der Waals surface area contributed by atoms with Crippen molar-refractivity contribution in [3.05, 3.63) is 29.8 Å². The van der Waals surface area contributed by atoms with E-state index in [9.17, 15) is 0 Å². The van der Waals surface area contributed by atoms with Crippen LogP contribution in [0.2, 0.25) is 0 Å². The Labute approximate surface area is 102 Å². The summed E-state index contributed by atoms with van der Waals surface area (Å²) < 4.78 is 0. The summed E-state index contributed by atoms with van der Waals surface area (Å²) in [5.41, 5.74) is 2.04. The van der Waals surface area contributed by atoms with Crippen molar-refractivity contribution in [1.82, 2.24) is 0 Å². The van der Waals surface area contributed by atoms with Gasteiger partial charge in [-0.3, -0.25) is 6.07 Å². The maximum absolute atomic E-state index is 4.12. The molecule has 0 N–H and O–H groups in total. The maximum atomic E-state index is 4.12. The normalized spacial score (nSPS) is 8.86. The molecule has 0 aliphatic rings. The van der Waals surface area contributed by atoms with Gasteiger partial charge in [-0.1, -0.05) is 27.2 Å². The standard InChI is InChI=1S/C10H11N.C2H6.W/c1-3-8-11-10-7-5-4-6-9(10)2;1-2;/h4-6H,3H2,1-2H3;1-2H3;/q-2;;+2. The van der Waals surface area contributed by atoms with E-state index < -0.39 is 0 Å². The molecule has 0 aliphatic heterocycles. The fourth-order valence-electron chi connectivity index (χ4n) is 0.791. The molecule has 0 atom stereocenters. The minimum Gasteiger partial charge on any atom is -0.481 e. The number of nitrogens with zero attached hydrogens (tertiary/aromatic N) is 1. The Morgan fingerprint density at radius 3 is 2.57 bits per heavy atom. The van der Waals surface area contributed by atoms with Crippen molar-refractivity contribution in [1.29, 1.82) is 0 Å². The van der Waals surface area contributed by atoms with Crippen molar-refractivity contribution in [2.24, 2.45) is 4.99 Å². The molecule has 2 heteroatoms. The summed E-state index contributed by atoms with van der Waals surface area (Å²) in [6.07, 6.45) is 3.75. The summed E-state index contributed by atoms with van der Waals surface area (Å²) >= 11 is 0. The fourth-order valence-corrected chi connectivity index (χ4v) is 0.791. The Morgan fingerprint density at radius 1 is 1.43 bits per heavy atom. The molecule has 0 amide bonds. The molecule has 0 saturated carbocycles. The van der Waals surface area contributed by atoms with Crippen LogP contribution in [-0.4, -0.2) is 6.21 Å². The van der Waals surface area contributed by atoms with Gasteiger partial charge in [0.15, 0.2) is 0 Å². The van der Waals surface area contributed by atoms with E-state index in [2.05, 4.69) is 17.3 Å². The molecular formula is C12H17NW. The third-order valence-electron chi connectivity index (χ3n) is 1.38. The quantitative estimate of drug-likeness (QED) is 0.563. The van der Waals surface area contributed by atoms with Gasteiger partial charge in [0.2, 0.25) is 0 Å². The molecule has 76 valence electrons. The number of aliphatic imine (C=N–C) groups is 1. The molecule has 14 heavy (non-hydrogen) atoms. The number of hydrogen-bond donors (Lipinski definition) is 0. The molecule has 0 unspecified atom stereocenters. The van der Waals surface area contributed by atoms with Gasteiger partial charge in [0.25, 0.3) is 0 Å². The third-order valence-corrected chi connectivity index (χ3v) is 1.38. The topological polar surface area (TPSA) is 12.4 Å². The molecule has 0 spiro atoms. The monoisotopic (exact) mass is 359 g/mol. The first-order valence-corrected chi connectivity index (χ1v) is 4.75. The Kier molecular flexibility index (Phi) is 12.2. The van der Waals surface area contributed by atoms with Gasteiger partial charge in [-0.25, -0.2) is 11.3 Å². The van der Waals surface area contributed by atoms with E-state index in [1.807, 2.05) is 45.9 Å². The molecule has 0 fully saturated rings. The van der Waals surface area contributed by atoms with Gasteiger partial charge < -0.3 is 4.99 Å². The summed E-state index contributed by atoms with van der Waals surface area (Å²) in [7, 11) is 0. The van der Waals surface area contributed by atoms with Crippen LogP contribution >= 0.6 is 0 Å². The van der Waals surface area contributed by atoms with Gasteiger partial charge in [-0.15, -0.1) is 6.92 Å². The van der Waals surface area contributed by atoms with Gasteiger partial charge in [0, 0.05) is 0 Å². The molecule has 1 rings (SSSR count). The van der Waals surface area contributed by atoms with Crippen LogP contribution in [0.1, 0.15) is 32.8 Å². The molecular weight excluding hydrogens is 342 g/mol. The summed E-state index contributed by atoms with van der Waals surface area (Å²) in [5, 5.41) is 0. The molecule has 0 radical (unpaired) electrons. The average Bonchev–Trinajstić information content (AvgIpc) is 2.20. The van der Waals surface area contributed by atoms with E-state index in [4.69, 9.17) is 0 Å². The van der Waals surface area contributed by atoms with Crippen LogP contribution in [0, 0.1) is 13.0 Å². The summed E-state index contributed by atoms with van der Waals surface area (Å²) in [6.45, 7) is 8.04. The first-order valence-electron chi connectivity index (χ1n) is 4.75. The van der Waals surface area contributed by atoms with Crippen molar-refractivity contribution >= 4 is 11.9 Å². The molecule has 0 heterocycles. The van der Waals surface area contributed by atoms with Crippen molar-refractivity contribution in [3.63, 3.8) is 0 Å². The zero-order valence-electron chi connectivity index (χ0n) is 9.29. The Balaban J connectivity index is 0. The molecule has 0 bridgehead atoms. The molecule has 1 nitrogen and oxygen atoms in total. The van der Waals surface area contributed by atoms with Gasteiger partial charge in [-0.05, 0) is 0 Å². The summed E-state index contributed by atoms with van der Waals surface area (Å²) in [4.78, 5) is 4.12. The van der Waals surface area contributed by atoms with E-state index in [1.165, 1.54) is 0 Å². The summed E-state index contributed by atoms with van der Waals surface area (Å²) in [5.74, 6) is 0. The second kappa shape index (κ2) is 10.7. The molecule has 0 aliphatic carbocycles. The van der Waals surface area contributed by atoms with Crippen LogP contribution in [0.4, 0.5) is 5.69 Å². The van der Waals surface area contributed by atoms with E-state index in [0.29, 0.717) is 0 Å². The first kappa shape index (κ1) is 16.0. The van der Waals surface area contributed by atoms with Crippen molar-refractivity contribution in [2.75, 3.05) is 0 Å². The minimum absolute atomic E-state index is 0. The van der Waals surface area contributed by atoms with Crippen LogP contribution in [0.5, 0.6) is 0 Å². The smallest absolute Gasteiger partial charge is 0.481 e. The van der Waals surface area contributed by atoms with Crippen LogP contribution in [0.3, 0.4) is 0 Å². The van der Waals surface area contributed by atoms with Gasteiger partial charge in [-0.2, -0.15) is 24.4 Å². The zero-order chi connectivity index (χ0) is 10.1. The van der Waals surface area contributed by atoms with Crippen molar-refractivity contribution < 1.29 is 21.1 Å². The fraction of sp³-hybridized carbons (Fsp3) is 0.417. The minimum atomic E-state index is 0. The predicted octanol–water partition coefficient (Wildman–Crippen LogP) is 3.81. The predicted molar refractivity (Wildman–Crippen MR) is 58.7 cm³/mol. The summed E-state index contributed by atoms with van der Waals surface area (Å²) in [6, 6.07) is 8.89. The number of aryl methyl sites for hydroxylation is 1. The van der Waals surface area contributed by atoms with E-state index in [0.717, 1.165) is 17.7 Å². The number of hydrogen-bond acceptors (Lipinski definition) is 1. The second-order valence-electron chi connectivity index (χ2n) is 2.33. The third kappa shape index (κ3) is 6.10. The zero-order valence-corrected chi connectivity index (χ0v) is 12.2. The number of para-hydroxylation sites is 1. The van der Waals surface area contributed by atoms with Crippen LogP contribution in [0.25, 0.3) is 0 Å². The molecule has 0 aromatic heterocycles. The van der Waals surface area contributed by atoms with Crippen LogP contribution < -0.4 is 0 Å². The van der Waals surface area contributed by atoms with Gasteiger partial charge in [0.1, 0.15) is 0 Å². The Hall–Kier alpha value is -0.422. The number of benzene rings is 1. The Bertz CT molecular complexity index is 256. The van der Waals surface area contributed by atoms with Gasteiger partial charge in [0.05, 0.1) is 0 Å². The second-order valence-corrected chi connectivity index (χ2v) is 2.33. The van der Waals surface area contributed by atoms with E-state index in [-0.39, 0.29) is 21.1 Å². The SMILES string of the molecule is CC.CC[C-]=Nc1[c-]cccc1C.[W+2]. The van der Waals surface area contributed by atoms with Crippen LogP contribution in [-0.2, 0) is 21.1 Å². The molecule has 0 saturated heterocycles. The molecule has 1 aromatic rings. The van der Waals surface area contributed by atoms with E-state index in [1.54, 1.807) is 0 Å². The van der Waals surface area contributed by atoms with Crippen LogP contribution in [0.15, 0.2) is 23.2 Å². The number of rotatable bonds is 2. The molecule has 1 aromatic carbocycles. The van der Waals surface area contributed by atoms with Gasteiger partial charge >= 0.3 is 21.1 Å². The van der Waals surface area contributed by atoms with Crippen molar-refractivity contribution in [2.45, 2.75) is 34.1 Å². The first-order chi connectivity index (χ1) is 6.34.